The summed E-state index contributed by atoms with van der Waals surface area (Å²) in [4.78, 5) is 23.6. The van der Waals surface area contributed by atoms with Crippen LogP contribution in [0.4, 0.5) is 5.69 Å². The van der Waals surface area contributed by atoms with Crippen LogP contribution in [-0.4, -0.2) is 22.4 Å². The van der Waals surface area contributed by atoms with Crippen molar-refractivity contribution in [2.45, 2.75) is 12.8 Å². The number of pyridine rings is 1. The molecule has 4 rings (SSSR count). The number of hydrogen-bond donors (Lipinski definition) is 0. The molecule has 0 spiro atoms. The Morgan fingerprint density at radius 3 is 2.96 bits per heavy atom. The number of rotatable bonds is 2. The van der Waals surface area contributed by atoms with Crippen LogP contribution in [0.3, 0.4) is 0 Å². The van der Waals surface area contributed by atoms with Crippen molar-refractivity contribution in [3.8, 4) is 10.6 Å². The highest BCUT2D eigenvalue weighted by atomic mass is 35.5. The summed E-state index contributed by atoms with van der Waals surface area (Å²) in [5.74, 6) is -0.110. The second-order valence-electron chi connectivity index (χ2n) is 5.69. The predicted octanol–water partition coefficient (Wildman–Crippen LogP) is 5.10. The SMILES string of the molecule is O=C(c1csc(-c2ccc(Cl)cc2Cl)n1)N1CCCc2ncccc21. The first-order chi connectivity index (χ1) is 12.1. The lowest BCUT2D eigenvalue weighted by atomic mass is 10.1. The summed E-state index contributed by atoms with van der Waals surface area (Å²) in [7, 11) is 0. The number of carbonyl (C=O) groups is 1. The third kappa shape index (κ3) is 3.15. The van der Waals surface area contributed by atoms with Gasteiger partial charge < -0.3 is 4.90 Å². The number of hydrogen-bond acceptors (Lipinski definition) is 4. The maximum absolute atomic E-state index is 12.9. The van der Waals surface area contributed by atoms with Crippen LogP contribution in [0.15, 0.2) is 41.9 Å². The van der Waals surface area contributed by atoms with E-state index in [1.807, 2.05) is 18.2 Å². The normalized spacial score (nSPS) is 13.6. The fourth-order valence-electron chi connectivity index (χ4n) is 2.90. The minimum atomic E-state index is -0.110. The van der Waals surface area contributed by atoms with Gasteiger partial charge in [-0.15, -0.1) is 11.3 Å². The highest BCUT2D eigenvalue weighted by molar-refractivity contribution is 7.13. The van der Waals surface area contributed by atoms with Gasteiger partial charge in [-0.1, -0.05) is 23.2 Å². The first-order valence-corrected chi connectivity index (χ1v) is 9.44. The molecular formula is C18H13Cl2N3OS. The minimum absolute atomic E-state index is 0.110. The Morgan fingerprint density at radius 2 is 2.12 bits per heavy atom. The molecule has 126 valence electrons. The van der Waals surface area contributed by atoms with Gasteiger partial charge in [-0.3, -0.25) is 9.78 Å². The van der Waals surface area contributed by atoms with Crippen LogP contribution in [0.5, 0.6) is 0 Å². The van der Waals surface area contributed by atoms with Crippen molar-refractivity contribution in [2.75, 3.05) is 11.4 Å². The van der Waals surface area contributed by atoms with Gasteiger partial charge in [0.25, 0.3) is 5.91 Å². The molecule has 0 fully saturated rings. The monoisotopic (exact) mass is 389 g/mol. The molecule has 3 aromatic rings. The number of anilines is 1. The van der Waals surface area contributed by atoms with Gasteiger partial charge in [0.15, 0.2) is 0 Å². The lowest BCUT2D eigenvalue weighted by Gasteiger charge is -2.27. The summed E-state index contributed by atoms with van der Waals surface area (Å²) in [6.45, 7) is 0.673. The summed E-state index contributed by atoms with van der Waals surface area (Å²) in [6.07, 6.45) is 3.55. The largest absolute Gasteiger partial charge is 0.305 e. The van der Waals surface area contributed by atoms with Crippen LogP contribution in [0.25, 0.3) is 10.6 Å². The molecule has 0 radical (unpaired) electrons. The summed E-state index contributed by atoms with van der Waals surface area (Å²) in [5.41, 5.74) is 3.02. The lowest BCUT2D eigenvalue weighted by Crippen LogP contribution is -2.36. The summed E-state index contributed by atoms with van der Waals surface area (Å²) < 4.78 is 0. The van der Waals surface area contributed by atoms with Gasteiger partial charge in [0, 0.05) is 28.7 Å². The van der Waals surface area contributed by atoms with Crippen molar-refractivity contribution in [1.82, 2.24) is 9.97 Å². The van der Waals surface area contributed by atoms with Crippen LogP contribution in [-0.2, 0) is 6.42 Å². The van der Waals surface area contributed by atoms with Crippen LogP contribution in [0.1, 0.15) is 22.6 Å². The fourth-order valence-corrected chi connectivity index (χ4v) is 4.29. The molecule has 0 bridgehead atoms. The van der Waals surface area contributed by atoms with Gasteiger partial charge in [-0.05, 0) is 43.2 Å². The quantitative estimate of drug-likeness (QED) is 0.611. The van der Waals surface area contributed by atoms with Crippen LogP contribution >= 0.6 is 34.5 Å². The van der Waals surface area contributed by atoms with E-state index in [-0.39, 0.29) is 5.91 Å². The lowest BCUT2D eigenvalue weighted by molar-refractivity contribution is 0.0981. The molecule has 1 aliphatic heterocycles. The van der Waals surface area contributed by atoms with Gasteiger partial charge in [-0.2, -0.15) is 0 Å². The Kier molecular flexibility index (Phi) is 4.46. The van der Waals surface area contributed by atoms with E-state index in [1.54, 1.807) is 28.6 Å². The van der Waals surface area contributed by atoms with Gasteiger partial charge in [0.1, 0.15) is 10.7 Å². The molecular weight excluding hydrogens is 377 g/mol. The van der Waals surface area contributed by atoms with Crippen LogP contribution in [0, 0.1) is 0 Å². The van der Waals surface area contributed by atoms with E-state index in [0.717, 1.165) is 29.8 Å². The molecule has 25 heavy (non-hydrogen) atoms. The molecule has 2 aromatic heterocycles. The number of nitrogens with zero attached hydrogens (tertiary/aromatic N) is 3. The number of benzene rings is 1. The van der Waals surface area contributed by atoms with Crippen molar-refractivity contribution in [2.24, 2.45) is 0 Å². The molecule has 0 unspecified atom stereocenters. The molecule has 1 aliphatic rings. The molecule has 0 saturated heterocycles. The summed E-state index contributed by atoms with van der Waals surface area (Å²) in [5, 5.41) is 3.56. The third-order valence-corrected chi connectivity index (χ3v) is 5.51. The number of fused-ring (bicyclic) bond motifs is 1. The van der Waals surface area contributed by atoms with Crippen LogP contribution < -0.4 is 4.90 Å². The number of halogens is 2. The number of aromatic nitrogens is 2. The highest BCUT2D eigenvalue weighted by Crippen LogP contribution is 2.33. The Bertz CT molecular complexity index is 957. The zero-order valence-corrected chi connectivity index (χ0v) is 15.4. The van der Waals surface area contributed by atoms with E-state index in [2.05, 4.69) is 9.97 Å². The molecule has 4 nitrogen and oxygen atoms in total. The fraction of sp³-hybridized carbons (Fsp3) is 0.167. The standard InChI is InChI=1S/C18H13Cl2N3OS/c19-11-5-6-12(13(20)9-11)17-22-15(10-25-17)18(24)23-8-2-3-14-16(23)4-1-7-21-14/h1,4-7,9-10H,2-3,8H2. The van der Waals surface area contributed by atoms with Crippen molar-refractivity contribution < 1.29 is 4.79 Å². The molecule has 0 atom stereocenters. The van der Waals surface area contributed by atoms with Crippen LogP contribution in [0.2, 0.25) is 10.0 Å². The zero-order chi connectivity index (χ0) is 17.4. The van der Waals surface area contributed by atoms with Gasteiger partial charge >= 0.3 is 0 Å². The van der Waals surface area contributed by atoms with Crippen molar-refractivity contribution >= 4 is 46.1 Å². The van der Waals surface area contributed by atoms with Crippen molar-refractivity contribution in [3.63, 3.8) is 0 Å². The average Bonchev–Trinajstić information content (AvgIpc) is 3.10. The number of aryl methyl sites for hydroxylation is 1. The van der Waals surface area contributed by atoms with E-state index in [0.29, 0.717) is 27.3 Å². The molecule has 0 aliphatic carbocycles. The second kappa shape index (κ2) is 6.75. The molecule has 1 aromatic carbocycles. The van der Waals surface area contributed by atoms with E-state index < -0.39 is 0 Å². The van der Waals surface area contributed by atoms with Gasteiger partial charge in [-0.25, -0.2) is 4.98 Å². The van der Waals surface area contributed by atoms with Gasteiger partial charge in [0.05, 0.1) is 16.4 Å². The van der Waals surface area contributed by atoms with E-state index in [1.165, 1.54) is 11.3 Å². The minimum Gasteiger partial charge on any atom is -0.305 e. The molecule has 0 N–H and O–H groups in total. The second-order valence-corrected chi connectivity index (χ2v) is 7.39. The maximum atomic E-state index is 12.9. The first-order valence-electron chi connectivity index (χ1n) is 7.80. The molecule has 3 heterocycles. The summed E-state index contributed by atoms with van der Waals surface area (Å²) >= 11 is 13.6. The molecule has 7 heteroatoms. The van der Waals surface area contributed by atoms with E-state index >= 15 is 0 Å². The Morgan fingerprint density at radius 1 is 1.24 bits per heavy atom. The summed E-state index contributed by atoms with van der Waals surface area (Å²) in [6, 6.07) is 9.04. The topological polar surface area (TPSA) is 46.1 Å². The Labute approximate surface area is 159 Å². The van der Waals surface area contributed by atoms with E-state index in [4.69, 9.17) is 23.2 Å². The average molecular weight is 390 g/mol. The van der Waals surface area contributed by atoms with Crippen molar-refractivity contribution in [3.05, 3.63) is 63.3 Å². The maximum Gasteiger partial charge on any atom is 0.277 e. The first kappa shape index (κ1) is 16.5. The zero-order valence-electron chi connectivity index (χ0n) is 13.1. The predicted molar refractivity (Wildman–Crippen MR) is 102 cm³/mol. The Balaban J connectivity index is 1.66. The van der Waals surface area contributed by atoms with Gasteiger partial charge in [0.2, 0.25) is 0 Å². The number of thiazole rings is 1. The smallest absolute Gasteiger partial charge is 0.277 e. The number of amides is 1. The van der Waals surface area contributed by atoms with Crippen molar-refractivity contribution in [1.29, 1.82) is 0 Å². The third-order valence-electron chi connectivity index (χ3n) is 4.08. The molecule has 1 amide bonds. The Hall–Kier alpha value is -1.95. The highest BCUT2D eigenvalue weighted by Gasteiger charge is 2.26. The van der Waals surface area contributed by atoms with E-state index in [9.17, 15) is 4.79 Å². The molecule has 0 saturated carbocycles. The number of carbonyl (C=O) groups excluding carboxylic acids is 1.